The molecule has 0 aliphatic rings. The van der Waals surface area contributed by atoms with E-state index in [9.17, 15) is 4.79 Å². The maximum Gasteiger partial charge on any atom is 0.262 e. The molecule has 0 saturated heterocycles. The number of carbonyl (C=O) groups is 1. The van der Waals surface area contributed by atoms with Crippen molar-refractivity contribution >= 4 is 46.4 Å². The van der Waals surface area contributed by atoms with Gasteiger partial charge in [-0.15, -0.1) is 10.2 Å². The molecular weight excluding hydrogens is 337 g/mol. The molecular formula is C11H9Cl2N5O2S. The van der Waals surface area contributed by atoms with E-state index in [0.29, 0.717) is 0 Å². The van der Waals surface area contributed by atoms with Gasteiger partial charge in [-0.1, -0.05) is 23.2 Å². The minimum Gasteiger partial charge on any atom is -0.494 e. The zero-order valence-electron chi connectivity index (χ0n) is 10.6. The number of thiocarbonyl (C=S) groups is 1. The number of amides is 1. The fourth-order valence-corrected chi connectivity index (χ4v) is 2.18. The minimum absolute atomic E-state index is 0.0397. The number of nitrogens with one attached hydrogen (secondary N) is 2. The quantitative estimate of drug-likeness (QED) is 0.826. The van der Waals surface area contributed by atoms with Crippen molar-refractivity contribution < 1.29 is 9.53 Å². The molecule has 0 bridgehead atoms. The number of aromatic nitrogens is 3. The molecule has 2 aromatic rings. The van der Waals surface area contributed by atoms with E-state index < -0.39 is 5.91 Å². The van der Waals surface area contributed by atoms with Crippen LogP contribution < -0.4 is 15.5 Å². The Morgan fingerprint density at radius 2 is 1.90 bits per heavy atom. The first-order valence-corrected chi connectivity index (χ1v) is 6.68. The molecule has 110 valence electrons. The third kappa shape index (κ3) is 3.60. The van der Waals surface area contributed by atoms with Crippen LogP contribution in [0.15, 0.2) is 24.8 Å². The fraction of sp³-hybridized carbons (Fsp3) is 0.0909. The van der Waals surface area contributed by atoms with Crippen molar-refractivity contribution in [3.63, 3.8) is 0 Å². The van der Waals surface area contributed by atoms with Crippen LogP contribution in [0.4, 0.5) is 0 Å². The van der Waals surface area contributed by atoms with Crippen LogP contribution in [0.2, 0.25) is 10.0 Å². The van der Waals surface area contributed by atoms with Gasteiger partial charge in [0.15, 0.2) is 10.9 Å². The summed E-state index contributed by atoms with van der Waals surface area (Å²) in [6.07, 6.45) is 2.76. The molecule has 7 nitrogen and oxygen atoms in total. The maximum atomic E-state index is 12.2. The predicted molar refractivity (Wildman–Crippen MR) is 82.5 cm³/mol. The van der Waals surface area contributed by atoms with Gasteiger partial charge in [0.1, 0.15) is 18.2 Å². The number of rotatable bonds is 3. The van der Waals surface area contributed by atoms with Crippen molar-refractivity contribution in [2.24, 2.45) is 0 Å². The van der Waals surface area contributed by atoms with Gasteiger partial charge in [0.05, 0.1) is 17.2 Å². The van der Waals surface area contributed by atoms with Gasteiger partial charge in [0.25, 0.3) is 5.91 Å². The lowest BCUT2D eigenvalue weighted by atomic mass is 10.2. The Morgan fingerprint density at radius 1 is 1.29 bits per heavy atom. The monoisotopic (exact) mass is 345 g/mol. The summed E-state index contributed by atoms with van der Waals surface area (Å²) in [4.78, 5) is 12.2. The SMILES string of the molecule is COc1c(Cl)ccc(Cl)c1C(=O)NC(=S)Nn1cnnc1. The number of hydrogen-bond acceptors (Lipinski definition) is 5. The van der Waals surface area contributed by atoms with Crippen molar-refractivity contribution in [2.75, 3.05) is 12.5 Å². The zero-order valence-corrected chi connectivity index (χ0v) is 13.0. The second kappa shape index (κ2) is 6.70. The summed E-state index contributed by atoms with van der Waals surface area (Å²) in [6.45, 7) is 0. The Labute approximate surface area is 135 Å². The first-order valence-electron chi connectivity index (χ1n) is 5.52. The number of halogens is 2. The summed E-state index contributed by atoms with van der Waals surface area (Å²) < 4.78 is 6.47. The zero-order chi connectivity index (χ0) is 15.4. The summed E-state index contributed by atoms with van der Waals surface area (Å²) in [5, 5.41) is 10.1. The first-order chi connectivity index (χ1) is 10.0. The molecule has 0 atom stereocenters. The number of carbonyl (C=O) groups excluding carboxylic acids is 1. The highest BCUT2D eigenvalue weighted by Gasteiger charge is 2.20. The van der Waals surface area contributed by atoms with Gasteiger partial charge in [-0.2, -0.15) is 0 Å². The molecule has 0 aliphatic carbocycles. The van der Waals surface area contributed by atoms with Crippen LogP contribution in [0.3, 0.4) is 0 Å². The Balaban J connectivity index is 2.17. The molecule has 1 aromatic carbocycles. The summed E-state index contributed by atoms with van der Waals surface area (Å²) >= 11 is 17.0. The third-order valence-corrected chi connectivity index (χ3v) is 3.17. The molecule has 10 heteroatoms. The lowest BCUT2D eigenvalue weighted by molar-refractivity contribution is 0.0974. The van der Waals surface area contributed by atoms with E-state index in [1.807, 2.05) is 0 Å². The van der Waals surface area contributed by atoms with Crippen LogP contribution in [0.25, 0.3) is 0 Å². The lowest BCUT2D eigenvalue weighted by Crippen LogP contribution is -2.37. The second-order valence-corrected chi connectivity index (χ2v) is 4.92. The van der Waals surface area contributed by atoms with E-state index in [1.54, 1.807) is 0 Å². The maximum absolute atomic E-state index is 12.2. The molecule has 0 fully saturated rings. The van der Waals surface area contributed by atoms with E-state index in [-0.39, 0.29) is 26.5 Å². The van der Waals surface area contributed by atoms with E-state index in [2.05, 4.69) is 20.9 Å². The smallest absolute Gasteiger partial charge is 0.262 e. The highest BCUT2D eigenvalue weighted by Crippen LogP contribution is 2.33. The van der Waals surface area contributed by atoms with Gasteiger partial charge < -0.3 is 4.74 Å². The number of methoxy groups -OCH3 is 1. The molecule has 2 N–H and O–H groups in total. The van der Waals surface area contributed by atoms with Crippen LogP contribution in [0.1, 0.15) is 10.4 Å². The summed E-state index contributed by atoms with van der Waals surface area (Å²) in [7, 11) is 1.39. The largest absolute Gasteiger partial charge is 0.494 e. The highest BCUT2D eigenvalue weighted by atomic mass is 35.5. The third-order valence-electron chi connectivity index (χ3n) is 2.37. The van der Waals surface area contributed by atoms with Crippen LogP contribution in [-0.4, -0.2) is 33.0 Å². The predicted octanol–water partition coefficient (Wildman–Crippen LogP) is 1.85. The molecule has 1 heterocycles. The Bertz CT molecular complexity index is 678. The van der Waals surface area contributed by atoms with Gasteiger partial charge in [-0.3, -0.25) is 15.5 Å². The molecule has 1 amide bonds. The van der Waals surface area contributed by atoms with Gasteiger partial charge in [-0.05, 0) is 24.4 Å². The highest BCUT2D eigenvalue weighted by molar-refractivity contribution is 7.80. The molecule has 0 spiro atoms. The number of ether oxygens (including phenoxy) is 1. The Hall–Kier alpha value is -1.90. The number of nitrogens with zero attached hydrogens (tertiary/aromatic N) is 3. The molecule has 0 radical (unpaired) electrons. The standard InChI is InChI=1S/C11H9Cl2N5O2S/c1-20-9-7(13)3-2-6(12)8(9)10(19)16-11(21)17-18-4-14-15-5-18/h2-5H,1H3,(H2,16,17,19,21). The van der Waals surface area contributed by atoms with E-state index >= 15 is 0 Å². The van der Waals surface area contributed by atoms with Crippen molar-refractivity contribution in [3.05, 3.63) is 40.4 Å². The molecule has 2 rings (SSSR count). The second-order valence-electron chi connectivity index (χ2n) is 3.70. The van der Waals surface area contributed by atoms with Gasteiger partial charge >= 0.3 is 0 Å². The summed E-state index contributed by atoms with van der Waals surface area (Å²) in [5.74, 6) is -0.376. The average molecular weight is 346 g/mol. The molecule has 0 aliphatic heterocycles. The lowest BCUT2D eigenvalue weighted by Gasteiger charge is -2.13. The van der Waals surface area contributed by atoms with Crippen LogP contribution in [0, 0.1) is 0 Å². The topological polar surface area (TPSA) is 81.1 Å². The minimum atomic E-state index is -0.551. The van der Waals surface area contributed by atoms with Gasteiger partial charge in [0, 0.05) is 0 Å². The van der Waals surface area contributed by atoms with Crippen LogP contribution in [0.5, 0.6) is 5.75 Å². The molecule has 0 saturated carbocycles. The van der Waals surface area contributed by atoms with Crippen molar-refractivity contribution in [3.8, 4) is 5.75 Å². The molecule has 1 aromatic heterocycles. The first kappa shape index (κ1) is 15.5. The molecule has 0 unspecified atom stereocenters. The van der Waals surface area contributed by atoms with Gasteiger partial charge in [-0.25, -0.2) is 4.68 Å². The molecule has 21 heavy (non-hydrogen) atoms. The van der Waals surface area contributed by atoms with E-state index in [1.165, 1.54) is 36.6 Å². The van der Waals surface area contributed by atoms with E-state index in [4.69, 9.17) is 40.2 Å². The van der Waals surface area contributed by atoms with E-state index in [0.717, 1.165) is 0 Å². The summed E-state index contributed by atoms with van der Waals surface area (Å²) in [6, 6.07) is 3.03. The fourth-order valence-electron chi connectivity index (χ4n) is 1.51. The number of benzene rings is 1. The van der Waals surface area contributed by atoms with Crippen molar-refractivity contribution in [1.82, 2.24) is 20.2 Å². The Morgan fingerprint density at radius 3 is 2.52 bits per heavy atom. The Kier molecular flexibility index (Phi) is 4.94. The van der Waals surface area contributed by atoms with Gasteiger partial charge in [0.2, 0.25) is 0 Å². The van der Waals surface area contributed by atoms with Crippen LogP contribution in [-0.2, 0) is 0 Å². The van der Waals surface area contributed by atoms with Crippen LogP contribution >= 0.6 is 35.4 Å². The van der Waals surface area contributed by atoms with Crippen molar-refractivity contribution in [1.29, 1.82) is 0 Å². The summed E-state index contributed by atoms with van der Waals surface area (Å²) in [5.41, 5.74) is 2.77. The van der Waals surface area contributed by atoms with Crippen molar-refractivity contribution in [2.45, 2.75) is 0 Å². The number of hydrogen-bond donors (Lipinski definition) is 2. The normalized spacial score (nSPS) is 10.0. The average Bonchev–Trinajstić information content (AvgIpc) is 2.93.